The van der Waals surface area contributed by atoms with Crippen molar-refractivity contribution in [3.05, 3.63) is 20.3 Å². The molecule has 0 fully saturated rings. The van der Waals surface area contributed by atoms with E-state index in [0.717, 1.165) is 25.8 Å². The molecule has 4 nitrogen and oxygen atoms in total. The normalized spacial score (nSPS) is 9.60. The second kappa shape index (κ2) is 6.45. The molecule has 0 spiro atoms. The number of halogens is 1. The van der Waals surface area contributed by atoms with Crippen LogP contribution < -0.4 is 10.9 Å². The molecule has 80 valence electrons. The van der Waals surface area contributed by atoms with Gasteiger partial charge in [0.1, 0.15) is 9.39 Å². The number of aromatic nitrogens is 2. The predicted octanol–water partition coefficient (Wildman–Crippen LogP) is 1.59. The average Bonchev–Trinajstić information content (AvgIpc) is 2.24. The van der Waals surface area contributed by atoms with Crippen molar-refractivity contribution in [2.45, 2.75) is 19.3 Å². The summed E-state index contributed by atoms with van der Waals surface area (Å²) >= 11 is 1.97. The number of H-pyrrole nitrogens is 1. The standard InChI is InChI=1S/C10H12IN3O/c1-2-3-4-5-6-12-9-8(11)10(15)14-7-13-9/h1,7H,3-6H2,(H2,12,13,14,15). The van der Waals surface area contributed by atoms with Gasteiger partial charge in [0.15, 0.2) is 0 Å². The smallest absolute Gasteiger partial charge is 0.266 e. The van der Waals surface area contributed by atoms with Gasteiger partial charge < -0.3 is 10.3 Å². The molecule has 0 atom stereocenters. The van der Waals surface area contributed by atoms with Crippen LogP contribution >= 0.6 is 22.6 Å². The maximum absolute atomic E-state index is 11.2. The van der Waals surface area contributed by atoms with Crippen molar-refractivity contribution >= 4 is 28.4 Å². The van der Waals surface area contributed by atoms with Gasteiger partial charge in [-0.3, -0.25) is 4.79 Å². The molecule has 0 amide bonds. The molecule has 1 aromatic rings. The van der Waals surface area contributed by atoms with Gasteiger partial charge in [0.25, 0.3) is 5.56 Å². The lowest BCUT2D eigenvalue weighted by molar-refractivity contribution is 0.786. The van der Waals surface area contributed by atoms with Crippen LogP contribution in [0.15, 0.2) is 11.1 Å². The molecular formula is C10H12IN3O. The van der Waals surface area contributed by atoms with Gasteiger partial charge in [-0.15, -0.1) is 12.3 Å². The minimum absolute atomic E-state index is 0.114. The molecule has 1 rings (SSSR count). The number of aromatic amines is 1. The van der Waals surface area contributed by atoms with Crippen LogP contribution in [-0.4, -0.2) is 16.5 Å². The van der Waals surface area contributed by atoms with E-state index in [-0.39, 0.29) is 5.56 Å². The first kappa shape index (κ1) is 12.0. The maximum atomic E-state index is 11.2. The van der Waals surface area contributed by atoms with Crippen LogP contribution in [0.4, 0.5) is 5.82 Å². The van der Waals surface area contributed by atoms with E-state index in [9.17, 15) is 4.79 Å². The summed E-state index contributed by atoms with van der Waals surface area (Å²) in [6.45, 7) is 0.786. The van der Waals surface area contributed by atoms with E-state index in [1.807, 2.05) is 22.6 Å². The summed E-state index contributed by atoms with van der Waals surface area (Å²) in [5.41, 5.74) is -0.114. The zero-order chi connectivity index (χ0) is 11.1. The van der Waals surface area contributed by atoms with E-state index < -0.39 is 0 Å². The Morgan fingerprint density at radius 3 is 3.13 bits per heavy atom. The van der Waals surface area contributed by atoms with Gasteiger partial charge in [-0.1, -0.05) is 0 Å². The van der Waals surface area contributed by atoms with Crippen molar-refractivity contribution in [3.8, 4) is 12.3 Å². The van der Waals surface area contributed by atoms with E-state index in [4.69, 9.17) is 6.42 Å². The van der Waals surface area contributed by atoms with Crippen molar-refractivity contribution in [1.82, 2.24) is 9.97 Å². The molecule has 0 saturated carbocycles. The Morgan fingerprint density at radius 2 is 2.40 bits per heavy atom. The third-order valence-corrected chi connectivity index (χ3v) is 2.84. The highest BCUT2D eigenvalue weighted by atomic mass is 127. The average molecular weight is 317 g/mol. The second-order valence-electron chi connectivity index (χ2n) is 2.98. The number of nitrogens with zero attached hydrogens (tertiary/aromatic N) is 1. The molecule has 0 aliphatic heterocycles. The quantitative estimate of drug-likeness (QED) is 0.493. The van der Waals surface area contributed by atoms with Crippen molar-refractivity contribution < 1.29 is 0 Å². The predicted molar refractivity (Wildman–Crippen MR) is 68.7 cm³/mol. The Hall–Kier alpha value is -1.03. The first-order valence-electron chi connectivity index (χ1n) is 4.66. The van der Waals surface area contributed by atoms with Crippen LogP contribution in [0.2, 0.25) is 0 Å². The summed E-state index contributed by atoms with van der Waals surface area (Å²) < 4.78 is 0.590. The van der Waals surface area contributed by atoms with Crippen LogP contribution in [0.25, 0.3) is 0 Å². The van der Waals surface area contributed by atoms with Gasteiger partial charge in [-0.25, -0.2) is 4.98 Å². The maximum Gasteiger partial charge on any atom is 0.266 e. The molecular weight excluding hydrogens is 305 g/mol. The van der Waals surface area contributed by atoms with E-state index in [1.54, 1.807) is 0 Å². The van der Waals surface area contributed by atoms with E-state index in [2.05, 4.69) is 21.2 Å². The summed E-state index contributed by atoms with van der Waals surface area (Å²) in [5.74, 6) is 3.23. The van der Waals surface area contributed by atoms with Gasteiger partial charge in [0.2, 0.25) is 0 Å². The van der Waals surface area contributed by atoms with Crippen molar-refractivity contribution in [3.63, 3.8) is 0 Å². The monoisotopic (exact) mass is 317 g/mol. The SMILES string of the molecule is C#CCCCCNc1nc[nH]c(=O)c1I. The van der Waals surface area contributed by atoms with Crippen LogP contribution in [0.3, 0.4) is 0 Å². The fourth-order valence-electron chi connectivity index (χ4n) is 1.07. The number of anilines is 1. The second-order valence-corrected chi connectivity index (χ2v) is 4.06. The first-order chi connectivity index (χ1) is 7.25. The first-order valence-corrected chi connectivity index (χ1v) is 5.74. The molecule has 15 heavy (non-hydrogen) atoms. The summed E-state index contributed by atoms with van der Waals surface area (Å²) in [4.78, 5) is 17.8. The topological polar surface area (TPSA) is 57.8 Å². The van der Waals surface area contributed by atoms with Gasteiger partial charge in [-0.2, -0.15) is 0 Å². The molecule has 0 bridgehead atoms. The lowest BCUT2D eigenvalue weighted by atomic mass is 10.2. The summed E-state index contributed by atoms with van der Waals surface area (Å²) in [5, 5.41) is 3.11. The molecule has 1 heterocycles. The van der Waals surface area contributed by atoms with Gasteiger partial charge in [-0.05, 0) is 35.4 Å². The van der Waals surface area contributed by atoms with Gasteiger partial charge >= 0.3 is 0 Å². The Morgan fingerprint density at radius 1 is 1.60 bits per heavy atom. The molecule has 0 saturated heterocycles. The number of hydrogen-bond donors (Lipinski definition) is 2. The number of hydrogen-bond acceptors (Lipinski definition) is 3. The van der Waals surface area contributed by atoms with E-state index >= 15 is 0 Å². The third kappa shape index (κ3) is 3.91. The van der Waals surface area contributed by atoms with Crippen LogP contribution in [0.1, 0.15) is 19.3 Å². The lowest BCUT2D eigenvalue weighted by Gasteiger charge is -2.05. The molecule has 2 N–H and O–H groups in total. The number of nitrogens with one attached hydrogen (secondary N) is 2. The minimum Gasteiger partial charge on any atom is -0.369 e. The van der Waals surface area contributed by atoms with E-state index in [1.165, 1.54) is 6.33 Å². The zero-order valence-electron chi connectivity index (χ0n) is 8.22. The zero-order valence-corrected chi connectivity index (χ0v) is 10.4. The number of terminal acetylenes is 1. The molecule has 1 aromatic heterocycles. The van der Waals surface area contributed by atoms with Gasteiger partial charge in [0.05, 0.1) is 6.33 Å². The van der Waals surface area contributed by atoms with Crippen molar-refractivity contribution in [1.29, 1.82) is 0 Å². The Kier molecular flexibility index (Phi) is 5.18. The molecule has 0 aliphatic carbocycles. The van der Waals surface area contributed by atoms with Crippen LogP contribution in [0, 0.1) is 15.9 Å². The molecule has 0 aliphatic rings. The summed E-state index contributed by atoms with van der Waals surface area (Å²) in [6, 6.07) is 0. The molecule has 0 unspecified atom stereocenters. The number of rotatable bonds is 5. The highest BCUT2D eigenvalue weighted by molar-refractivity contribution is 14.1. The highest BCUT2D eigenvalue weighted by Gasteiger charge is 2.03. The van der Waals surface area contributed by atoms with E-state index in [0.29, 0.717) is 9.39 Å². The largest absolute Gasteiger partial charge is 0.369 e. The molecule has 5 heteroatoms. The lowest BCUT2D eigenvalue weighted by Crippen LogP contribution is -2.15. The van der Waals surface area contributed by atoms with Gasteiger partial charge in [0, 0.05) is 13.0 Å². The number of unbranched alkanes of at least 4 members (excludes halogenated alkanes) is 2. The third-order valence-electron chi connectivity index (χ3n) is 1.84. The minimum atomic E-state index is -0.114. The van der Waals surface area contributed by atoms with Crippen molar-refractivity contribution in [2.24, 2.45) is 0 Å². The van der Waals surface area contributed by atoms with Crippen molar-refractivity contribution in [2.75, 3.05) is 11.9 Å². The fourth-order valence-corrected chi connectivity index (χ4v) is 1.55. The Bertz CT molecular complexity index is 408. The summed E-state index contributed by atoms with van der Waals surface area (Å²) in [7, 11) is 0. The molecule has 0 aromatic carbocycles. The van der Waals surface area contributed by atoms with Crippen LogP contribution in [-0.2, 0) is 0 Å². The van der Waals surface area contributed by atoms with Crippen LogP contribution in [0.5, 0.6) is 0 Å². The molecule has 0 radical (unpaired) electrons. The fraction of sp³-hybridized carbons (Fsp3) is 0.400. The Balaban J connectivity index is 2.42. The summed E-state index contributed by atoms with van der Waals surface area (Å²) in [6.07, 6.45) is 9.30. The Labute approximate surface area is 102 Å². The highest BCUT2D eigenvalue weighted by Crippen LogP contribution is 2.08.